The first-order valence-electron chi connectivity index (χ1n) is 4.89. The summed E-state index contributed by atoms with van der Waals surface area (Å²) in [7, 11) is 0. The molecular weight excluding hydrogens is 231 g/mol. The van der Waals surface area contributed by atoms with Crippen molar-refractivity contribution in [1.29, 1.82) is 0 Å². The highest BCUT2D eigenvalue weighted by atomic mass is 35.5. The number of rotatable bonds is 1. The van der Waals surface area contributed by atoms with E-state index in [1.807, 2.05) is 6.07 Å². The molecule has 1 aromatic rings. The van der Waals surface area contributed by atoms with Crippen LogP contribution in [0.15, 0.2) is 18.2 Å². The molecule has 1 heterocycles. The third-order valence-corrected chi connectivity index (χ3v) is 2.77. The summed E-state index contributed by atoms with van der Waals surface area (Å²) in [6, 6.07) is 6.27. The second-order valence-electron chi connectivity index (χ2n) is 3.65. The number of nitrogens with zero attached hydrogens (tertiary/aromatic N) is 1. The summed E-state index contributed by atoms with van der Waals surface area (Å²) in [5.41, 5.74) is 9.52. The zero-order valence-electron chi connectivity index (χ0n) is 8.90. The molecule has 0 amide bonds. The second-order valence-corrected chi connectivity index (χ2v) is 3.65. The van der Waals surface area contributed by atoms with E-state index in [0.29, 0.717) is 0 Å². The predicted molar refractivity (Wildman–Crippen MR) is 70.0 cm³/mol. The Bertz CT molecular complexity index is 315. The van der Waals surface area contributed by atoms with Gasteiger partial charge in [-0.25, -0.2) is 0 Å². The Morgan fingerprint density at radius 2 is 2.00 bits per heavy atom. The molecule has 1 aliphatic heterocycles. The van der Waals surface area contributed by atoms with Crippen LogP contribution < -0.4 is 5.73 Å². The van der Waals surface area contributed by atoms with Crippen molar-refractivity contribution in [3.63, 3.8) is 0 Å². The largest absolute Gasteiger partial charge is 0.399 e. The number of anilines is 1. The molecule has 2 rings (SSSR count). The Balaban J connectivity index is 0.000000980. The molecule has 15 heavy (non-hydrogen) atoms. The van der Waals surface area contributed by atoms with Gasteiger partial charge in [-0.1, -0.05) is 13.0 Å². The summed E-state index contributed by atoms with van der Waals surface area (Å²) < 4.78 is 0. The third kappa shape index (κ3) is 3.26. The number of nitrogens with two attached hydrogens (primary N) is 1. The Kier molecular flexibility index (Phi) is 6.03. The molecule has 0 spiro atoms. The van der Waals surface area contributed by atoms with Crippen LogP contribution in [0.5, 0.6) is 0 Å². The van der Waals surface area contributed by atoms with Gasteiger partial charge in [0, 0.05) is 18.8 Å². The molecule has 0 saturated heterocycles. The maximum absolute atomic E-state index is 5.75. The van der Waals surface area contributed by atoms with Crippen molar-refractivity contribution in [1.82, 2.24) is 4.90 Å². The lowest BCUT2D eigenvalue weighted by molar-refractivity contribution is 0.268. The first-order valence-corrected chi connectivity index (χ1v) is 4.89. The van der Waals surface area contributed by atoms with Gasteiger partial charge < -0.3 is 5.73 Å². The van der Waals surface area contributed by atoms with Crippen LogP contribution in [0.4, 0.5) is 5.69 Å². The minimum atomic E-state index is 0. The molecule has 1 aromatic carbocycles. The van der Waals surface area contributed by atoms with Crippen molar-refractivity contribution in [3.05, 3.63) is 29.3 Å². The molecule has 0 saturated carbocycles. The van der Waals surface area contributed by atoms with E-state index in [4.69, 9.17) is 5.73 Å². The minimum absolute atomic E-state index is 0. The molecule has 0 aromatic heterocycles. The smallest absolute Gasteiger partial charge is 0.0317 e. The number of benzene rings is 1. The first-order chi connectivity index (χ1) is 6.29. The van der Waals surface area contributed by atoms with Crippen LogP contribution in [0.2, 0.25) is 0 Å². The van der Waals surface area contributed by atoms with Gasteiger partial charge >= 0.3 is 0 Å². The highest BCUT2D eigenvalue weighted by molar-refractivity contribution is 5.85. The van der Waals surface area contributed by atoms with Crippen LogP contribution in [0, 0.1) is 0 Å². The molecule has 86 valence electrons. The van der Waals surface area contributed by atoms with E-state index in [1.165, 1.54) is 24.1 Å². The van der Waals surface area contributed by atoms with Crippen LogP contribution in [0.3, 0.4) is 0 Å². The third-order valence-electron chi connectivity index (χ3n) is 2.77. The number of fused-ring (bicyclic) bond motifs is 1. The fourth-order valence-electron chi connectivity index (χ4n) is 1.91. The van der Waals surface area contributed by atoms with E-state index in [0.717, 1.165) is 18.8 Å². The van der Waals surface area contributed by atoms with E-state index < -0.39 is 0 Å². The van der Waals surface area contributed by atoms with E-state index in [-0.39, 0.29) is 24.8 Å². The van der Waals surface area contributed by atoms with Crippen molar-refractivity contribution in [2.45, 2.75) is 19.9 Å². The molecular formula is C11H18Cl2N2. The number of halogens is 2. The number of hydrogen-bond acceptors (Lipinski definition) is 2. The molecule has 0 aliphatic carbocycles. The van der Waals surface area contributed by atoms with E-state index in [9.17, 15) is 0 Å². The highest BCUT2D eigenvalue weighted by Crippen LogP contribution is 2.20. The van der Waals surface area contributed by atoms with Crippen LogP contribution in [0.25, 0.3) is 0 Å². The molecule has 0 radical (unpaired) electrons. The van der Waals surface area contributed by atoms with Crippen molar-refractivity contribution < 1.29 is 0 Å². The fraction of sp³-hybridized carbons (Fsp3) is 0.455. The molecule has 0 atom stereocenters. The maximum atomic E-state index is 5.75. The topological polar surface area (TPSA) is 29.3 Å². The number of likely N-dealkylation sites (N-methyl/N-ethyl adjacent to an activating group) is 1. The molecule has 2 nitrogen and oxygen atoms in total. The highest BCUT2D eigenvalue weighted by Gasteiger charge is 2.14. The zero-order chi connectivity index (χ0) is 9.26. The lowest BCUT2D eigenvalue weighted by Crippen LogP contribution is -2.30. The van der Waals surface area contributed by atoms with Crippen LogP contribution in [0.1, 0.15) is 18.1 Å². The van der Waals surface area contributed by atoms with Gasteiger partial charge in [0.15, 0.2) is 0 Å². The number of hydrogen-bond donors (Lipinski definition) is 1. The van der Waals surface area contributed by atoms with Gasteiger partial charge in [0.25, 0.3) is 0 Å². The Labute approximate surface area is 104 Å². The van der Waals surface area contributed by atoms with Gasteiger partial charge in [-0.3, -0.25) is 4.90 Å². The average Bonchev–Trinajstić information content (AvgIpc) is 2.16. The summed E-state index contributed by atoms with van der Waals surface area (Å²) in [5.74, 6) is 0. The monoisotopic (exact) mass is 248 g/mol. The quantitative estimate of drug-likeness (QED) is 0.775. The zero-order valence-corrected chi connectivity index (χ0v) is 10.5. The lowest BCUT2D eigenvalue weighted by Gasteiger charge is -2.27. The van der Waals surface area contributed by atoms with Gasteiger partial charge in [0.05, 0.1) is 0 Å². The Morgan fingerprint density at radius 1 is 1.27 bits per heavy atom. The van der Waals surface area contributed by atoms with Crippen molar-refractivity contribution in [2.24, 2.45) is 0 Å². The van der Waals surface area contributed by atoms with Crippen LogP contribution in [-0.4, -0.2) is 18.0 Å². The van der Waals surface area contributed by atoms with Crippen molar-refractivity contribution in [2.75, 3.05) is 18.8 Å². The molecule has 0 bridgehead atoms. The standard InChI is InChI=1S/C11H16N2.2ClH/c1-2-13-6-5-9-3-4-11(12)7-10(9)8-13;;/h3-4,7H,2,5-6,8,12H2,1H3;2*1H. The van der Waals surface area contributed by atoms with Crippen molar-refractivity contribution in [3.8, 4) is 0 Å². The van der Waals surface area contributed by atoms with E-state index >= 15 is 0 Å². The van der Waals surface area contributed by atoms with E-state index in [1.54, 1.807) is 0 Å². The van der Waals surface area contributed by atoms with Crippen molar-refractivity contribution >= 4 is 30.5 Å². The summed E-state index contributed by atoms with van der Waals surface area (Å²) in [6.45, 7) is 5.59. The lowest BCUT2D eigenvalue weighted by atomic mass is 9.99. The van der Waals surface area contributed by atoms with Gasteiger partial charge in [0.1, 0.15) is 0 Å². The first kappa shape index (κ1) is 14.6. The molecule has 0 fully saturated rings. The maximum Gasteiger partial charge on any atom is 0.0317 e. The minimum Gasteiger partial charge on any atom is -0.399 e. The fourth-order valence-corrected chi connectivity index (χ4v) is 1.91. The van der Waals surface area contributed by atoms with Gasteiger partial charge in [0.2, 0.25) is 0 Å². The Morgan fingerprint density at radius 3 is 2.67 bits per heavy atom. The summed E-state index contributed by atoms with van der Waals surface area (Å²) in [6.07, 6.45) is 1.17. The number of nitrogen functional groups attached to an aromatic ring is 1. The summed E-state index contributed by atoms with van der Waals surface area (Å²) >= 11 is 0. The van der Waals surface area contributed by atoms with Crippen LogP contribution in [-0.2, 0) is 13.0 Å². The normalized spacial score (nSPS) is 14.7. The Hall–Kier alpha value is -0.440. The van der Waals surface area contributed by atoms with Gasteiger partial charge in [-0.2, -0.15) is 0 Å². The predicted octanol–water partition coefficient (Wildman–Crippen LogP) is 2.49. The summed E-state index contributed by atoms with van der Waals surface area (Å²) in [4.78, 5) is 2.45. The SMILES string of the molecule is CCN1CCc2ccc(N)cc2C1.Cl.Cl. The molecule has 1 aliphatic rings. The molecule has 4 heteroatoms. The van der Waals surface area contributed by atoms with Crippen LogP contribution >= 0.6 is 24.8 Å². The average molecular weight is 249 g/mol. The van der Waals surface area contributed by atoms with Gasteiger partial charge in [-0.15, -0.1) is 24.8 Å². The van der Waals surface area contributed by atoms with E-state index in [2.05, 4.69) is 24.0 Å². The molecule has 0 unspecified atom stereocenters. The summed E-state index contributed by atoms with van der Waals surface area (Å²) in [5, 5.41) is 0. The van der Waals surface area contributed by atoms with Gasteiger partial charge in [-0.05, 0) is 36.2 Å². The molecule has 2 N–H and O–H groups in total. The second kappa shape index (κ2) is 6.21.